The molecule has 1 N–H and O–H groups in total. The Kier molecular flexibility index (Phi) is 3.59. The average molecular weight is 357 g/mol. The molecule has 2 aliphatic heterocycles. The number of fused-ring (bicyclic) bond motifs is 2. The molecule has 4 heterocycles. The van der Waals surface area contributed by atoms with Crippen molar-refractivity contribution < 1.29 is 18.6 Å². The molecular formula is C17H16FN5O3. The second-order valence-corrected chi connectivity index (χ2v) is 6.20. The summed E-state index contributed by atoms with van der Waals surface area (Å²) in [6.45, 7) is 1.98. The molecule has 0 atom stereocenters. The number of ether oxygens (including phenoxy) is 3. The Hall–Kier alpha value is -2.94. The molecule has 0 radical (unpaired) electrons. The second kappa shape index (κ2) is 6.10. The minimum absolute atomic E-state index is 0.0112. The minimum Gasteiger partial charge on any atom is -0.493 e. The van der Waals surface area contributed by atoms with Gasteiger partial charge < -0.3 is 19.5 Å². The summed E-state index contributed by atoms with van der Waals surface area (Å²) in [5.41, 5.74) is 2.05. The summed E-state index contributed by atoms with van der Waals surface area (Å²) >= 11 is 0. The maximum absolute atomic E-state index is 14.3. The summed E-state index contributed by atoms with van der Waals surface area (Å²) in [6, 6.07) is 3.11. The zero-order valence-corrected chi connectivity index (χ0v) is 13.8. The summed E-state index contributed by atoms with van der Waals surface area (Å²) in [5.74, 6) is 1.54. The van der Waals surface area contributed by atoms with E-state index in [1.807, 2.05) is 0 Å². The van der Waals surface area contributed by atoms with Crippen LogP contribution in [0.2, 0.25) is 0 Å². The summed E-state index contributed by atoms with van der Waals surface area (Å²) in [5, 5.41) is 11.2. The molecule has 0 unspecified atom stereocenters. The lowest BCUT2D eigenvalue weighted by Gasteiger charge is -2.26. The zero-order valence-electron chi connectivity index (χ0n) is 13.8. The van der Waals surface area contributed by atoms with Crippen molar-refractivity contribution in [1.82, 2.24) is 19.6 Å². The van der Waals surface area contributed by atoms with Gasteiger partial charge in [-0.3, -0.25) is 0 Å². The Balaban J connectivity index is 1.41. The van der Waals surface area contributed by atoms with Crippen LogP contribution in [0.5, 0.6) is 11.5 Å². The number of rotatable bonds is 5. The molecule has 0 amide bonds. The molecule has 26 heavy (non-hydrogen) atoms. The molecule has 8 nitrogen and oxygen atoms in total. The van der Waals surface area contributed by atoms with Crippen LogP contribution in [0.15, 0.2) is 24.7 Å². The van der Waals surface area contributed by atoms with Crippen molar-refractivity contribution in [3.05, 3.63) is 41.6 Å². The third kappa shape index (κ3) is 2.51. The predicted octanol–water partition coefficient (Wildman–Crippen LogP) is 1.59. The second-order valence-electron chi connectivity index (χ2n) is 6.20. The van der Waals surface area contributed by atoms with Gasteiger partial charge in [0.1, 0.15) is 24.0 Å². The van der Waals surface area contributed by atoms with Crippen LogP contribution >= 0.6 is 0 Å². The van der Waals surface area contributed by atoms with Crippen LogP contribution < -0.4 is 14.8 Å². The third-order valence-electron chi connectivity index (χ3n) is 4.57. The molecular weight excluding hydrogens is 341 g/mol. The van der Waals surface area contributed by atoms with E-state index in [1.165, 1.54) is 6.07 Å². The third-order valence-corrected chi connectivity index (χ3v) is 4.57. The molecule has 1 aromatic carbocycles. The van der Waals surface area contributed by atoms with Crippen LogP contribution in [0.25, 0.3) is 5.65 Å². The smallest absolute Gasteiger partial charge is 0.210 e. The first-order valence-corrected chi connectivity index (χ1v) is 8.39. The fraction of sp³-hybridized carbons (Fsp3) is 0.353. The van der Waals surface area contributed by atoms with Gasteiger partial charge in [0.05, 0.1) is 26.0 Å². The highest BCUT2D eigenvalue weighted by atomic mass is 19.1. The summed E-state index contributed by atoms with van der Waals surface area (Å²) in [4.78, 5) is 4.38. The first kappa shape index (κ1) is 15.3. The number of halogens is 1. The van der Waals surface area contributed by atoms with E-state index < -0.39 is 0 Å². The Morgan fingerprint density at radius 2 is 2.27 bits per heavy atom. The number of anilines is 1. The van der Waals surface area contributed by atoms with Crippen LogP contribution in [0, 0.1) is 5.82 Å². The maximum Gasteiger partial charge on any atom is 0.210 e. The Morgan fingerprint density at radius 1 is 1.35 bits per heavy atom. The van der Waals surface area contributed by atoms with E-state index in [-0.39, 0.29) is 18.5 Å². The van der Waals surface area contributed by atoms with Crippen LogP contribution in [-0.4, -0.2) is 45.5 Å². The molecule has 0 spiro atoms. The lowest BCUT2D eigenvalue weighted by molar-refractivity contribution is -0.0794. The van der Waals surface area contributed by atoms with Crippen molar-refractivity contribution in [3.63, 3.8) is 0 Å². The fourth-order valence-electron chi connectivity index (χ4n) is 3.15. The minimum atomic E-state index is -0.258. The van der Waals surface area contributed by atoms with Crippen molar-refractivity contribution in [2.75, 3.05) is 25.1 Å². The van der Waals surface area contributed by atoms with Gasteiger partial charge in [0.15, 0.2) is 5.75 Å². The molecule has 1 saturated heterocycles. The van der Waals surface area contributed by atoms with Gasteiger partial charge >= 0.3 is 0 Å². The number of benzene rings is 1. The molecule has 2 aromatic heterocycles. The fourth-order valence-corrected chi connectivity index (χ4v) is 3.15. The normalized spacial score (nSPS) is 16.2. The first-order valence-electron chi connectivity index (χ1n) is 8.39. The van der Waals surface area contributed by atoms with Gasteiger partial charge in [0.2, 0.25) is 11.6 Å². The standard InChI is InChI=1S/C17H16FN5O3/c18-13-1-2-14-11(3-4-25-14)12(13)5-19-17-20-6-15(26-10-7-24-8-10)16-22-21-9-23(16)17/h1-2,6,9-10H,3-5,7-8H2,(H,19,20). The number of nitrogens with one attached hydrogen (secondary N) is 1. The Morgan fingerprint density at radius 3 is 3.12 bits per heavy atom. The molecule has 5 rings (SSSR count). The first-order chi connectivity index (χ1) is 12.8. The van der Waals surface area contributed by atoms with Crippen LogP contribution in [0.4, 0.5) is 10.3 Å². The average Bonchev–Trinajstić information content (AvgIpc) is 3.27. The van der Waals surface area contributed by atoms with Crippen LogP contribution in [0.3, 0.4) is 0 Å². The van der Waals surface area contributed by atoms with E-state index in [9.17, 15) is 4.39 Å². The Bertz CT molecular complexity index is 972. The molecule has 3 aromatic rings. The maximum atomic E-state index is 14.3. The number of aromatic nitrogens is 4. The quantitative estimate of drug-likeness (QED) is 0.742. The van der Waals surface area contributed by atoms with E-state index >= 15 is 0 Å². The van der Waals surface area contributed by atoms with E-state index in [0.717, 1.165) is 11.3 Å². The van der Waals surface area contributed by atoms with Gasteiger partial charge in [-0.25, -0.2) is 13.8 Å². The van der Waals surface area contributed by atoms with Gasteiger partial charge in [0, 0.05) is 24.1 Å². The lowest BCUT2D eigenvalue weighted by atomic mass is 10.0. The van der Waals surface area contributed by atoms with E-state index in [2.05, 4.69) is 20.5 Å². The molecule has 9 heteroatoms. The van der Waals surface area contributed by atoms with E-state index in [0.29, 0.717) is 49.1 Å². The van der Waals surface area contributed by atoms with Gasteiger partial charge in [-0.2, -0.15) is 0 Å². The number of hydrogen-bond donors (Lipinski definition) is 1. The highest BCUT2D eigenvalue weighted by molar-refractivity contribution is 5.56. The zero-order chi connectivity index (χ0) is 17.5. The van der Waals surface area contributed by atoms with E-state index in [4.69, 9.17) is 14.2 Å². The van der Waals surface area contributed by atoms with Crippen molar-refractivity contribution >= 4 is 11.6 Å². The SMILES string of the molecule is Fc1ccc2c(c1CNc1ncc(OC3COC3)c3nncn13)CCO2. The molecule has 0 aliphatic carbocycles. The molecule has 134 valence electrons. The van der Waals surface area contributed by atoms with Gasteiger partial charge in [0.25, 0.3) is 0 Å². The van der Waals surface area contributed by atoms with Gasteiger partial charge in [-0.05, 0) is 12.1 Å². The molecule has 2 aliphatic rings. The molecule has 0 bridgehead atoms. The Labute approximate surface area is 147 Å². The monoisotopic (exact) mass is 357 g/mol. The predicted molar refractivity (Wildman–Crippen MR) is 88.9 cm³/mol. The topological polar surface area (TPSA) is 82.8 Å². The van der Waals surface area contributed by atoms with Crippen molar-refractivity contribution in [3.8, 4) is 11.5 Å². The summed E-state index contributed by atoms with van der Waals surface area (Å²) in [7, 11) is 0. The number of hydrogen-bond acceptors (Lipinski definition) is 7. The summed E-state index contributed by atoms with van der Waals surface area (Å²) < 4.78 is 32.4. The largest absolute Gasteiger partial charge is 0.493 e. The van der Waals surface area contributed by atoms with Crippen molar-refractivity contribution in [2.45, 2.75) is 19.1 Å². The van der Waals surface area contributed by atoms with Crippen LogP contribution in [-0.2, 0) is 17.7 Å². The highest BCUT2D eigenvalue weighted by Gasteiger charge is 2.23. The van der Waals surface area contributed by atoms with Crippen molar-refractivity contribution in [2.24, 2.45) is 0 Å². The van der Waals surface area contributed by atoms with Crippen molar-refractivity contribution in [1.29, 1.82) is 0 Å². The molecule has 1 fully saturated rings. The van der Waals surface area contributed by atoms with Gasteiger partial charge in [-0.15, -0.1) is 10.2 Å². The molecule has 0 saturated carbocycles. The highest BCUT2D eigenvalue weighted by Crippen LogP contribution is 2.31. The lowest BCUT2D eigenvalue weighted by Crippen LogP contribution is -2.38. The number of nitrogens with zero attached hydrogens (tertiary/aromatic N) is 4. The summed E-state index contributed by atoms with van der Waals surface area (Å²) in [6.07, 6.45) is 3.86. The van der Waals surface area contributed by atoms with E-state index in [1.54, 1.807) is 23.0 Å². The van der Waals surface area contributed by atoms with Crippen LogP contribution in [0.1, 0.15) is 11.1 Å². The van der Waals surface area contributed by atoms with Gasteiger partial charge in [-0.1, -0.05) is 0 Å².